The largest absolute Gasteiger partial charge is 0.490 e. The molecule has 250 valence electrons. The van der Waals surface area contributed by atoms with Crippen LogP contribution in [0.5, 0.6) is 0 Å². The Balaban J connectivity index is 0.000000690. The van der Waals surface area contributed by atoms with Gasteiger partial charge in [0.05, 0.1) is 6.54 Å². The second kappa shape index (κ2) is 16.1. The van der Waals surface area contributed by atoms with Gasteiger partial charge < -0.3 is 24.6 Å². The van der Waals surface area contributed by atoms with Gasteiger partial charge in [-0.2, -0.15) is 39.5 Å². The number of likely N-dealkylation sites (tertiary alicyclic amines) is 2. The predicted octanol–water partition coefficient (Wildman–Crippen LogP) is 4.25. The van der Waals surface area contributed by atoms with Crippen LogP contribution in [0.25, 0.3) is 0 Å². The number of carboxylic acids is 3. The summed E-state index contributed by atoms with van der Waals surface area (Å²) in [6, 6.07) is 3.70. The maximum atomic E-state index is 10.6. The quantitative estimate of drug-likeness (QED) is 0.407. The molecule has 0 aromatic carbocycles. The average molecular weight is 648 g/mol. The van der Waals surface area contributed by atoms with Crippen molar-refractivity contribution in [2.75, 3.05) is 40.8 Å². The number of alkyl halides is 9. The number of aryl methyl sites for hydroxylation is 2. The Labute approximate surface area is 240 Å². The maximum absolute atomic E-state index is 10.6. The minimum Gasteiger partial charge on any atom is -0.475 e. The van der Waals surface area contributed by atoms with Crippen LogP contribution >= 0.6 is 0 Å². The molecule has 3 rings (SSSR count). The molecule has 0 spiro atoms. The molecule has 43 heavy (non-hydrogen) atoms. The number of piperidine rings is 1. The van der Waals surface area contributed by atoms with E-state index in [2.05, 4.69) is 55.8 Å². The first-order valence-corrected chi connectivity index (χ1v) is 12.3. The SMILES string of the molecule is Cc1cc(CN2CC[C@H]3[C@H](C[C@@H](CN(C)C)N3C)C2)oc1C.O=C(O)C(F)(F)F.O=C(O)C(F)(F)F.O=C(O)C(F)(F)F. The molecule has 0 amide bonds. The van der Waals surface area contributed by atoms with Crippen molar-refractivity contribution in [3.8, 4) is 0 Å². The molecule has 3 atom stereocenters. The van der Waals surface area contributed by atoms with Gasteiger partial charge in [0.25, 0.3) is 0 Å². The van der Waals surface area contributed by atoms with Crippen molar-refractivity contribution >= 4 is 17.9 Å². The van der Waals surface area contributed by atoms with Gasteiger partial charge in [-0.25, -0.2) is 14.4 Å². The van der Waals surface area contributed by atoms with Crippen LogP contribution in [0.2, 0.25) is 0 Å². The van der Waals surface area contributed by atoms with Gasteiger partial charge in [0, 0.05) is 31.7 Å². The van der Waals surface area contributed by atoms with Gasteiger partial charge in [0.15, 0.2) is 0 Å². The molecule has 0 saturated carbocycles. The number of carboxylic acid groups (broad SMARTS) is 3. The van der Waals surface area contributed by atoms with Crippen molar-refractivity contribution in [2.24, 2.45) is 5.92 Å². The molecular weight excluding hydrogens is 613 g/mol. The standard InChI is InChI=1S/C18H31N3O.3C2HF3O2/c1-13-8-17(22-14(13)2)12-21-7-6-18-15(10-21)9-16(20(18)5)11-19(3)4;3*3-2(4,5)1(6)7/h8,15-16,18H,6-7,9-12H2,1-5H3;3*(H,6,7)/t15-,16+,18+;;;/m1.../s1. The summed E-state index contributed by atoms with van der Waals surface area (Å²) in [6.07, 6.45) is -12.6. The van der Waals surface area contributed by atoms with E-state index in [9.17, 15) is 39.5 Å². The summed E-state index contributed by atoms with van der Waals surface area (Å²) in [5.41, 5.74) is 1.27. The Bertz CT molecular complexity index is 980. The number of halogens is 9. The fourth-order valence-corrected chi connectivity index (χ4v) is 4.37. The van der Waals surface area contributed by atoms with E-state index in [4.69, 9.17) is 34.1 Å². The highest BCUT2D eigenvalue weighted by Crippen LogP contribution is 2.35. The van der Waals surface area contributed by atoms with Crippen LogP contribution in [0.3, 0.4) is 0 Å². The second-order valence-electron chi connectivity index (χ2n) is 10.0. The van der Waals surface area contributed by atoms with E-state index in [1.807, 2.05) is 0 Å². The van der Waals surface area contributed by atoms with Crippen molar-refractivity contribution in [1.82, 2.24) is 14.7 Å². The molecule has 1 aromatic heterocycles. The Hall–Kier alpha value is -3.06. The lowest BCUT2D eigenvalue weighted by molar-refractivity contribution is -0.193. The fourth-order valence-electron chi connectivity index (χ4n) is 4.37. The minimum atomic E-state index is -5.08. The van der Waals surface area contributed by atoms with E-state index in [0.717, 1.165) is 36.1 Å². The van der Waals surface area contributed by atoms with Gasteiger partial charge in [-0.05, 0) is 65.4 Å². The molecular formula is C24H34F9N3O7. The summed E-state index contributed by atoms with van der Waals surface area (Å²) < 4.78 is 101. The van der Waals surface area contributed by atoms with Crippen LogP contribution in [0, 0.1) is 19.8 Å². The van der Waals surface area contributed by atoms with Crippen LogP contribution in [0.4, 0.5) is 39.5 Å². The molecule has 19 heteroatoms. The lowest BCUT2D eigenvalue weighted by Crippen LogP contribution is -2.46. The van der Waals surface area contributed by atoms with Crippen LogP contribution in [-0.2, 0) is 20.9 Å². The molecule has 0 aliphatic carbocycles. The van der Waals surface area contributed by atoms with Crippen molar-refractivity contribution < 1.29 is 73.6 Å². The summed E-state index contributed by atoms with van der Waals surface area (Å²) in [5, 5.41) is 21.4. The van der Waals surface area contributed by atoms with Gasteiger partial charge in [0.1, 0.15) is 11.5 Å². The number of likely N-dealkylation sites (N-methyl/N-ethyl adjacent to an activating group) is 2. The Morgan fingerprint density at radius 2 is 1.33 bits per heavy atom. The molecule has 2 aliphatic heterocycles. The molecule has 2 fully saturated rings. The molecule has 2 saturated heterocycles. The van der Waals surface area contributed by atoms with E-state index in [1.54, 1.807) is 0 Å². The first-order chi connectivity index (χ1) is 19.3. The highest BCUT2D eigenvalue weighted by atomic mass is 19.4. The molecule has 0 bridgehead atoms. The zero-order valence-electron chi connectivity index (χ0n) is 23.8. The summed E-state index contributed by atoms with van der Waals surface area (Å²) in [5.74, 6) is -5.26. The van der Waals surface area contributed by atoms with Gasteiger partial charge in [-0.3, -0.25) is 9.80 Å². The summed E-state index contributed by atoms with van der Waals surface area (Å²) in [7, 11) is 6.70. The first kappa shape index (κ1) is 39.9. The van der Waals surface area contributed by atoms with E-state index in [0.29, 0.717) is 0 Å². The summed E-state index contributed by atoms with van der Waals surface area (Å²) in [6.45, 7) is 8.76. The zero-order chi connectivity index (χ0) is 34.1. The summed E-state index contributed by atoms with van der Waals surface area (Å²) in [4.78, 5) is 34.2. The number of aliphatic carboxylic acids is 3. The van der Waals surface area contributed by atoms with Gasteiger partial charge in [-0.1, -0.05) is 0 Å². The predicted molar refractivity (Wildman–Crippen MR) is 131 cm³/mol. The molecule has 1 aromatic rings. The molecule has 3 N–H and O–H groups in total. The number of hydrogen-bond acceptors (Lipinski definition) is 7. The van der Waals surface area contributed by atoms with Crippen molar-refractivity contribution in [1.29, 1.82) is 0 Å². The monoisotopic (exact) mass is 647 g/mol. The molecule has 0 radical (unpaired) electrons. The van der Waals surface area contributed by atoms with Gasteiger partial charge in [0.2, 0.25) is 0 Å². The van der Waals surface area contributed by atoms with Crippen LogP contribution in [0.15, 0.2) is 10.5 Å². The lowest BCUT2D eigenvalue weighted by Gasteiger charge is -2.37. The number of furan rings is 1. The lowest BCUT2D eigenvalue weighted by atomic mass is 9.92. The fraction of sp³-hybridized carbons (Fsp3) is 0.708. The number of hydrogen-bond donors (Lipinski definition) is 3. The van der Waals surface area contributed by atoms with Crippen molar-refractivity contribution in [2.45, 2.75) is 63.8 Å². The summed E-state index contributed by atoms with van der Waals surface area (Å²) >= 11 is 0. The highest BCUT2D eigenvalue weighted by Gasteiger charge is 2.42. The Morgan fingerprint density at radius 1 is 0.907 bits per heavy atom. The van der Waals surface area contributed by atoms with Crippen LogP contribution in [0.1, 0.15) is 29.9 Å². The zero-order valence-corrected chi connectivity index (χ0v) is 23.8. The van der Waals surface area contributed by atoms with E-state index in [1.165, 1.54) is 38.0 Å². The average Bonchev–Trinajstić information content (AvgIpc) is 3.29. The van der Waals surface area contributed by atoms with E-state index < -0.39 is 36.4 Å². The molecule has 3 heterocycles. The number of rotatable bonds is 4. The number of fused-ring (bicyclic) bond motifs is 1. The Morgan fingerprint density at radius 3 is 1.65 bits per heavy atom. The third-order valence-electron chi connectivity index (χ3n) is 6.35. The van der Waals surface area contributed by atoms with Crippen LogP contribution in [-0.4, -0.2) is 119 Å². The third kappa shape index (κ3) is 14.8. The Kier molecular flexibility index (Phi) is 15.0. The smallest absolute Gasteiger partial charge is 0.475 e. The van der Waals surface area contributed by atoms with Crippen molar-refractivity contribution in [3.63, 3.8) is 0 Å². The van der Waals surface area contributed by atoms with Gasteiger partial charge in [-0.15, -0.1) is 0 Å². The molecule has 10 nitrogen and oxygen atoms in total. The normalized spacial score (nSPS) is 21.0. The second-order valence-corrected chi connectivity index (χ2v) is 10.0. The number of nitrogens with zero attached hydrogens (tertiary/aromatic N) is 3. The maximum Gasteiger partial charge on any atom is 0.490 e. The first-order valence-electron chi connectivity index (χ1n) is 12.3. The highest BCUT2D eigenvalue weighted by molar-refractivity contribution is 5.73. The molecule has 2 aliphatic rings. The van der Waals surface area contributed by atoms with Gasteiger partial charge >= 0.3 is 36.4 Å². The van der Waals surface area contributed by atoms with Crippen molar-refractivity contribution in [3.05, 3.63) is 23.2 Å². The molecule has 0 unspecified atom stereocenters. The van der Waals surface area contributed by atoms with E-state index in [-0.39, 0.29) is 0 Å². The third-order valence-corrected chi connectivity index (χ3v) is 6.35. The van der Waals surface area contributed by atoms with Crippen LogP contribution < -0.4 is 0 Å². The minimum absolute atomic E-state index is 0.720. The number of carbonyl (C=O) groups is 3. The van der Waals surface area contributed by atoms with E-state index >= 15 is 0 Å². The topological polar surface area (TPSA) is 135 Å².